The number of hydrogen-bond donors (Lipinski definition) is 1. The van der Waals surface area contributed by atoms with Gasteiger partial charge in [-0.05, 0) is 34.1 Å². The number of carbonyl (C=O) groups is 1. The largest absolute Gasteiger partial charge is 0.444 e. The normalized spacial score (nSPS) is 13.1. The van der Waals surface area contributed by atoms with Crippen molar-refractivity contribution in [2.45, 2.75) is 52.7 Å². The molecule has 23 heavy (non-hydrogen) atoms. The van der Waals surface area contributed by atoms with Crippen LogP contribution in [-0.4, -0.2) is 38.2 Å². The van der Waals surface area contributed by atoms with Crippen LogP contribution in [0.25, 0.3) is 5.65 Å². The molecule has 2 aromatic rings. The highest BCUT2D eigenvalue weighted by atomic mass is 16.6. The van der Waals surface area contributed by atoms with E-state index in [1.165, 1.54) is 4.90 Å². The zero-order valence-electron chi connectivity index (χ0n) is 14.5. The van der Waals surface area contributed by atoms with Gasteiger partial charge >= 0.3 is 6.09 Å². The molecule has 0 bridgehead atoms. The first kappa shape index (κ1) is 17.1. The van der Waals surface area contributed by atoms with E-state index in [9.17, 15) is 9.59 Å². The van der Waals surface area contributed by atoms with Crippen molar-refractivity contribution in [3.05, 3.63) is 33.9 Å². The van der Waals surface area contributed by atoms with Crippen molar-refractivity contribution in [2.75, 3.05) is 7.05 Å². The number of H-pyrrole nitrogens is 1. The highest BCUT2D eigenvalue weighted by molar-refractivity contribution is 5.68. The van der Waals surface area contributed by atoms with Crippen molar-refractivity contribution in [3.8, 4) is 0 Å². The lowest BCUT2D eigenvalue weighted by Crippen LogP contribution is -2.35. The summed E-state index contributed by atoms with van der Waals surface area (Å²) in [7, 11) is 1.67. The van der Waals surface area contributed by atoms with Gasteiger partial charge in [0.15, 0.2) is 0 Å². The fourth-order valence-electron chi connectivity index (χ4n) is 2.15. The molecule has 0 aliphatic heterocycles. The molecule has 0 fully saturated rings. The van der Waals surface area contributed by atoms with Crippen LogP contribution in [0.15, 0.2) is 17.1 Å². The number of fused-ring (bicyclic) bond motifs is 1. The monoisotopic (exact) mass is 320 g/mol. The Hall–Kier alpha value is -2.31. The average molecular weight is 320 g/mol. The molecule has 126 valence electrons. The topological polar surface area (TPSA) is 79.7 Å². The van der Waals surface area contributed by atoms with Gasteiger partial charge in [-0.15, -0.1) is 0 Å². The van der Waals surface area contributed by atoms with Crippen LogP contribution in [0.4, 0.5) is 4.79 Å². The third-order valence-corrected chi connectivity index (χ3v) is 3.64. The van der Waals surface area contributed by atoms with Crippen LogP contribution in [0.2, 0.25) is 0 Å². The van der Waals surface area contributed by atoms with E-state index >= 15 is 0 Å². The molecule has 0 aliphatic rings. The summed E-state index contributed by atoms with van der Waals surface area (Å²) >= 11 is 0. The number of aromatic nitrogens is 3. The summed E-state index contributed by atoms with van der Waals surface area (Å²) in [6.07, 6.45) is 1.94. The van der Waals surface area contributed by atoms with Crippen LogP contribution in [0.1, 0.15) is 51.9 Å². The second-order valence-corrected chi connectivity index (χ2v) is 6.63. The summed E-state index contributed by atoms with van der Waals surface area (Å²) in [5, 5.41) is 4.46. The Morgan fingerprint density at radius 3 is 2.70 bits per heavy atom. The van der Waals surface area contributed by atoms with E-state index in [2.05, 4.69) is 10.1 Å². The minimum atomic E-state index is -0.550. The molecule has 2 aromatic heterocycles. The number of rotatable bonds is 3. The van der Waals surface area contributed by atoms with Gasteiger partial charge in [-0.25, -0.2) is 9.31 Å². The van der Waals surface area contributed by atoms with Crippen LogP contribution >= 0.6 is 0 Å². The zero-order chi connectivity index (χ0) is 17.4. The predicted octanol–water partition coefficient (Wildman–Crippen LogP) is 2.51. The van der Waals surface area contributed by atoms with E-state index < -0.39 is 11.7 Å². The molecule has 1 N–H and O–H groups in total. The maximum Gasteiger partial charge on any atom is 0.410 e. The third-order valence-electron chi connectivity index (χ3n) is 3.64. The van der Waals surface area contributed by atoms with Crippen LogP contribution < -0.4 is 5.56 Å². The van der Waals surface area contributed by atoms with E-state index in [4.69, 9.17) is 4.74 Å². The lowest BCUT2D eigenvalue weighted by Gasteiger charge is -2.27. The summed E-state index contributed by atoms with van der Waals surface area (Å²) < 4.78 is 7.00. The molecular formula is C16H24N4O3. The fraction of sp³-hybridized carbons (Fsp3) is 0.562. The Morgan fingerprint density at radius 2 is 2.13 bits per heavy atom. The Bertz CT molecular complexity index is 770. The molecule has 0 aliphatic carbocycles. The predicted molar refractivity (Wildman–Crippen MR) is 87.6 cm³/mol. The lowest BCUT2D eigenvalue weighted by atomic mass is 10.2. The van der Waals surface area contributed by atoms with Crippen molar-refractivity contribution in [1.29, 1.82) is 0 Å². The van der Waals surface area contributed by atoms with Crippen LogP contribution in [-0.2, 0) is 11.2 Å². The maximum absolute atomic E-state index is 12.2. The fourth-order valence-corrected chi connectivity index (χ4v) is 2.15. The SMILES string of the molecule is CCc1cn2nc([C@H](C)N(C)C(=O)OC(C)(C)C)cc2[nH]c1=O. The Labute approximate surface area is 135 Å². The van der Waals surface area contributed by atoms with Gasteiger partial charge in [0, 0.05) is 24.9 Å². The van der Waals surface area contributed by atoms with Gasteiger partial charge in [0.2, 0.25) is 0 Å². The molecule has 0 spiro atoms. The van der Waals surface area contributed by atoms with Gasteiger partial charge < -0.3 is 14.6 Å². The minimum absolute atomic E-state index is 0.111. The molecule has 2 heterocycles. The van der Waals surface area contributed by atoms with Gasteiger partial charge in [-0.1, -0.05) is 6.92 Å². The summed E-state index contributed by atoms with van der Waals surface area (Å²) in [5.74, 6) is 0. The molecule has 7 heteroatoms. The van der Waals surface area contributed by atoms with Gasteiger partial charge in [0.25, 0.3) is 5.56 Å². The number of hydrogen-bond acceptors (Lipinski definition) is 4. The molecular weight excluding hydrogens is 296 g/mol. The van der Waals surface area contributed by atoms with Gasteiger partial charge in [0.1, 0.15) is 11.2 Å². The van der Waals surface area contributed by atoms with E-state index in [0.717, 1.165) is 0 Å². The number of nitrogens with zero attached hydrogens (tertiary/aromatic N) is 3. The van der Waals surface area contributed by atoms with Crippen molar-refractivity contribution in [2.24, 2.45) is 0 Å². The minimum Gasteiger partial charge on any atom is -0.444 e. The highest BCUT2D eigenvalue weighted by Crippen LogP contribution is 2.20. The number of carbonyl (C=O) groups excluding carboxylic acids is 1. The number of amides is 1. The molecule has 1 amide bonds. The van der Waals surface area contributed by atoms with Crippen molar-refractivity contribution in [1.82, 2.24) is 19.5 Å². The quantitative estimate of drug-likeness (QED) is 0.942. The number of aryl methyl sites for hydroxylation is 1. The van der Waals surface area contributed by atoms with Crippen molar-refractivity contribution < 1.29 is 9.53 Å². The highest BCUT2D eigenvalue weighted by Gasteiger charge is 2.25. The number of ether oxygens (including phenoxy) is 1. The number of nitrogens with one attached hydrogen (secondary N) is 1. The van der Waals surface area contributed by atoms with Gasteiger partial charge in [-0.2, -0.15) is 5.10 Å². The molecule has 0 unspecified atom stereocenters. The molecule has 0 saturated carbocycles. The summed E-state index contributed by atoms with van der Waals surface area (Å²) in [5.41, 5.74) is 1.29. The van der Waals surface area contributed by atoms with Gasteiger partial charge in [0.05, 0.1) is 11.7 Å². The second-order valence-electron chi connectivity index (χ2n) is 6.63. The molecule has 7 nitrogen and oxygen atoms in total. The first-order chi connectivity index (χ1) is 10.6. The lowest BCUT2D eigenvalue weighted by molar-refractivity contribution is 0.0230. The molecule has 0 saturated heterocycles. The Morgan fingerprint density at radius 1 is 1.48 bits per heavy atom. The van der Waals surface area contributed by atoms with E-state index in [1.54, 1.807) is 23.8 Å². The van der Waals surface area contributed by atoms with Crippen molar-refractivity contribution in [3.63, 3.8) is 0 Å². The van der Waals surface area contributed by atoms with E-state index in [1.807, 2.05) is 34.6 Å². The zero-order valence-corrected chi connectivity index (χ0v) is 14.5. The molecule has 0 radical (unpaired) electrons. The van der Waals surface area contributed by atoms with E-state index in [-0.39, 0.29) is 11.6 Å². The standard InChI is InChI=1S/C16H24N4O3/c1-7-11-9-20-13(17-14(11)21)8-12(18-20)10(2)19(6)15(22)23-16(3,4)5/h8-10H,7H2,1-6H3,(H,17,21)/t10-/m0/s1. The Kier molecular flexibility index (Phi) is 4.49. The number of aromatic amines is 1. The smallest absolute Gasteiger partial charge is 0.410 e. The third kappa shape index (κ3) is 3.72. The maximum atomic E-state index is 12.2. The van der Waals surface area contributed by atoms with E-state index in [0.29, 0.717) is 23.3 Å². The first-order valence-corrected chi connectivity index (χ1v) is 7.69. The molecule has 0 aromatic carbocycles. The average Bonchev–Trinajstić information content (AvgIpc) is 2.85. The Balaban J connectivity index is 2.28. The second kappa shape index (κ2) is 6.06. The first-order valence-electron chi connectivity index (χ1n) is 7.69. The molecule has 2 rings (SSSR count). The van der Waals surface area contributed by atoms with Crippen LogP contribution in [0, 0.1) is 0 Å². The van der Waals surface area contributed by atoms with Crippen LogP contribution in [0.3, 0.4) is 0 Å². The molecule has 1 atom stereocenters. The van der Waals surface area contributed by atoms with Crippen LogP contribution in [0.5, 0.6) is 0 Å². The van der Waals surface area contributed by atoms with Crippen molar-refractivity contribution >= 4 is 11.7 Å². The van der Waals surface area contributed by atoms with Gasteiger partial charge in [-0.3, -0.25) is 4.79 Å². The summed E-state index contributed by atoms with van der Waals surface area (Å²) in [6, 6.07) is 1.49. The summed E-state index contributed by atoms with van der Waals surface area (Å²) in [6.45, 7) is 9.26. The summed E-state index contributed by atoms with van der Waals surface area (Å²) in [4.78, 5) is 28.3.